The minimum absolute atomic E-state index is 0.237. The molecule has 3 rings (SSSR count). The van der Waals surface area contributed by atoms with Crippen LogP contribution in [0.15, 0.2) is 24.4 Å². The number of aromatic nitrogens is 2. The van der Waals surface area contributed by atoms with Gasteiger partial charge in [-0.25, -0.2) is 4.39 Å². The Morgan fingerprint density at radius 3 is 2.82 bits per heavy atom. The Morgan fingerprint density at radius 1 is 1.24 bits per heavy atom. The quantitative estimate of drug-likeness (QED) is 0.697. The summed E-state index contributed by atoms with van der Waals surface area (Å²) in [6.07, 6.45) is 1.78. The highest BCUT2D eigenvalue weighted by Gasteiger charge is 2.10. The number of aryl methyl sites for hydroxylation is 1. The number of benzene rings is 1. The highest BCUT2D eigenvalue weighted by Crippen LogP contribution is 2.29. The molecule has 0 fully saturated rings. The van der Waals surface area contributed by atoms with Crippen molar-refractivity contribution in [2.75, 3.05) is 7.11 Å². The molecule has 0 aliphatic rings. The molecule has 0 amide bonds. The van der Waals surface area contributed by atoms with E-state index in [9.17, 15) is 4.39 Å². The minimum atomic E-state index is -0.372. The van der Waals surface area contributed by atoms with E-state index in [1.54, 1.807) is 12.3 Å². The van der Waals surface area contributed by atoms with E-state index in [-0.39, 0.29) is 11.6 Å². The molecule has 0 atom stereocenters. The molecular weight excluding hydrogens is 219 g/mol. The van der Waals surface area contributed by atoms with Gasteiger partial charge in [-0.1, -0.05) is 0 Å². The maximum Gasteiger partial charge on any atom is 0.165 e. The zero-order valence-electron chi connectivity index (χ0n) is 9.54. The van der Waals surface area contributed by atoms with Crippen molar-refractivity contribution in [1.29, 1.82) is 0 Å². The van der Waals surface area contributed by atoms with Gasteiger partial charge in [-0.3, -0.25) is 4.98 Å². The molecule has 1 aromatic carbocycles. The molecule has 0 radical (unpaired) electrons. The van der Waals surface area contributed by atoms with Crippen molar-refractivity contribution in [3.05, 3.63) is 35.8 Å². The van der Waals surface area contributed by atoms with Crippen LogP contribution in [0.1, 0.15) is 5.56 Å². The lowest BCUT2D eigenvalue weighted by Crippen LogP contribution is -1.87. The van der Waals surface area contributed by atoms with Gasteiger partial charge in [-0.05, 0) is 24.6 Å². The molecule has 0 spiro atoms. The summed E-state index contributed by atoms with van der Waals surface area (Å²) in [5.41, 5.74) is 3.59. The average Bonchev–Trinajstić information content (AvgIpc) is 2.64. The van der Waals surface area contributed by atoms with Crippen LogP contribution in [0, 0.1) is 12.7 Å². The minimum Gasteiger partial charge on any atom is -0.494 e. The Labute approximate surface area is 97.2 Å². The normalized spacial score (nSPS) is 11.2. The second-order valence-corrected chi connectivity index (χ2v) is 4.07. The molecular formula is C13H11FN2O. The van der Waals surface area contributed by atoms with Gasteiger partial charge in [0.1, 0.15) is 0 Å². The molecule has 86 valence electrons. The third kappa shape index (κ3) is 1.45. The third-order valence-corrected chi connectivity index (χ3v) is 2.84. The number of nitrogens with one attached hydrogen (secondary N) is 1. The van der Waals surface area contributed by atoms with E-state index < -0.39 is 0 Å². The van der Waals surface area contributed by atoms with Gasteiger partial charge in [-0.2, -0.15) is 0 Å². The van der Waals surface area contributed by atoms with Gasteiger partial charge in [-0.15, -0.1) is 0 Å². The lowest BCUT2D eigenvalue weighted by molar-refractivity contribution is 0.387. The number of nitrogens with zero attached hydrogens (tertiary/aromatic N) is 1. The lowest BCUT2D eigenvalue weighted by atomic mass is 10.2. The van der Waals surface area contributed by atoms with Gasteiger partial charge in [0, 0.05) is 17.6 Å². The zero-order chi connectivity index (χ0) is 12.0. The molecule has 0 saturated heterocycles. The van der Waals surface area contributed by atoms with Crippen LogP contribution < -0.4 is 4.74 Å². The summed E-state index contributed by atoms with van der Waals surface area (Å²) >= 11 is 0. The second-order valence-electron chi connectivity index (χ2n) is 4.07. The van der Waals surface area contributed by atoms with Crippen LogP contribution in [0.2, 0.25) is 0 Å². The standard InChI is InChI=1S/C13H11FN2O/c1-7-3-11-13(15-6-7)8-4-9(14)12(17-2)5-10(8)16-11/h3-6,16H,1-2H3. The topological polar surface area (TPSA) is 37.9 Å². The van der Waals surface area contributed by atoms with Gasteiger partial charge < -0.3 is 9.72 Å². The summed E-state index contributed by atoms with van der Waals surface area (Å²) < 4.78 is 18.6. The number of rotatable bonds is 1. The largest absolute Gasteiger partial charge is 0.494 e. The average molecular weight is 230 g/mol. The van der Waals surface area contributed by atoms with Gasteiger partial charge in [0.2, 0.25) is 0 Å². The number of methoxy groups -OCH3 is 1. The fraction of sp³-hybridized carbons (Fsp3) is 0.154. The number of halogens is 1. The number of hydrogen-bond acceptors (Lipinski definition) is 2. The molecule has 1 N–H and O–H groups in total. The number of ether oxygens (including phenoxy) is 1. The van der Waals surface area contributed by atoms with E-state index in [2.05, 4.69) is 9.97 Å². The SMILES string of the molecule is COc1cc2[nH]c3cc(C)cnc3c2cc1F. The highest BCUT2D eigenvalue weighted by molar-refractivity contribution is 6.05. The highest BCUT2D eigenvalue weighted by atomic mass is 19.1. The molecule has 0 aliphatic carbocycles. The Hall–Kier alpha value is -2.10. The van der Waals surface area contributed by atoms with Crippen molar-refractivity contribution in [2.24, 2.45) is 0 Å². The summed E-state index contributed by atoms with van der Waals surface area (Å²) in [6, 6.07) is 5.10. The van der Waals surface area contributed by atoms with Crippen molar-refractivity contribution >= 4 is 21.9 Å². The van der Waals surface area contributed by atoms with E-state index in [4.69, 9.17) is 4.74 Å². The predicted molar refractivity (Wildman–Crippen MR) is 64.8 cm³/mol. The molecule has 2 aromatic heterocycles. The fourth-order valence-electron chi connectivity index (χ4n) is 2.03. The maximum atomic E-state index is 13.6. The summed E-state index contributed by atoms with van der Waals surface area (Å²) in [4.78, 5) is 7.54. The molecule has 17 heavy (non-hydrogen) atoms. The molecule has 3 nitrogen and oxygen atoms in total. The van der Waals surface area contributed by atoms with Gasteiger partial charge in [0.25, 0.3) is 0 Å². The second kappa shape index (κ2) is 3.45. The van der Waals surface area contributed by atoms with Crippen LogP contribution >= 0.6 is 0 Å². The summed E-state index contributed by atoms with van der Waals surface area (Å²) in [5.74, 6) is -0.135. The predicted octanol–water partition coefficient (Wildman–Crippen LogP) is 3.17. The number of pyridine rings is 1. The lowest BCUT2D eigenvalue weighted by Gasteiger charge is -2.00. The van der Waals surface area contributed by atoms with Crippen LogP contribution in [-0.4, -0.2) is 17.1 Å². The number of hydrogen-bond donors (Lipinski definition) is 1. The number of fused-ring (bicyclic) bond motifs is 3. The first-order valence-corrected chi connectivity index (χ1v) is 5.30. The van der Waals surface area contributed by atoms with Gasteiger partial charge in [0.15, 0.2) is 11.6 Å². The first kappa shape index (κ1) is 10.1. The number of H-pyrrole nitrogens is 1. The van der Waals surface area contributed by atoms with Crippen LogP contribution in [0.4, 0.5) is 4.39 Å². The summed E-state index contributed by atoms with van der Waals surface area (Å²) in [7, 11) is 1.45. The Bertz CT molecular complexity index is 718. The van der Waals surface area contributed by atoms with Crippen molar-refractivity contribution in [2.45, 2.75) is 6.92 Å². The molecule has 4 heteroatoms. The zero-order valence-corrected chi connectivity index (χ0v) is 9.54. The van der Waals surface area contributed by atoms with Crippen molar-refractivity contribution in [3.63, 3.8) is 0 Å². The summed E-state index contributed by atoms with van der Waals surface area (Å²) in [5, 5.41) is 0.776. The Kier molecular flexibility index (Phi) is 2.04. The molecule has 0 aliphatic heterocycles. The fourth-order valence-corrected chi connectivity index (χ4v) is 2.03. The third-order valence-electron chi connectivity index (χ3n) is 2.84. The molecule has 0 bridgehead atoms. The van der Waals surface area contributed by atoms with E-state index in [1.165, 1.54) is 13.2 Å². The molecule has 0 unspecified atom stereocenters. The summed E-state index contributed by atoms with van der Waals surface area (Å²) in [6.45, 7) is 1.97. The van der Waals surface area contributed by atoms with E-state index in [0.29, 0.717) is 0 Å². The molecule has 3 aromatic rings. The Morgan fingerprint density at radius 2 is 2.06 bits per heavy atom. The van der Waals surface area contributed by atoms with E-state index >= 15 is 0 Å². The molecule has 2 heterocycles. The smallest absolute Gasteiger partial charge is 0.165 e. The van der Waals surface area contributed by atoms with Gasteiger partial charge >= 0.3 is 0 Å². The first-order chi connectivity index (χ1) is 8.19. The van der Waals surface area contributed by atoms with Gasteiger partial charge in [0.05, 0.1) is 23.7 Å². The van der Waals surface area contributed by atoms with Crippen LogP contribution in [0.5, 0.6) is 5.75 Å². The maximum absolute atomic E-state index is 13.6. The van der Waals surface area contributed by atoms with Crippen LogP contribution in [0.25, 0.3) is 21.9 Å². The van der Waals surface area contributed by atoms with Crippen LogP contribution in [0.3, 0.4) is 0 Å². The first-order valence-electron chi connectivity index (χ1n) is 5.30. The van der Waals surface area contributed by atoms with E-state index in [0.717, 1.165) is 27.5 Å². The number of aromatic amines is 1. The van der Waals surface area contributed by atoms with Crippen LogP contribution in [-0.2, 0) is 0 Å². The van der Waals surface area contributed by atoms with Crippen molar-refractivity contribution in [1.82, 2.24) is 9.97 Å². The molecule has 0 saturated carbocycles. The van der Waals surface area contributed by atoms with Crippen molar-refractivity contribution in [3.8, 4) is 5.75 Å². The Balaban J connectivity index is 2.43. The van der Waals surface area contributed by atoms with E-state index in [1.807, 2.05) is 13.0 Å². The monoisotopic (exact) mass is 230 g/mol. The van der Waals surface area contributed by atoms with Crippen molar-refractivity contribution < 1.29 is 9.13 Å².